The van der Waals surface area contributed by atoms with E-state index in [2.05, 4.69) is 9.97 Å². The minimum Gasteiger partial charge on any atom is -0.478 e. The lowest BCUT2D eigenvalue weighted by atomic mass is 10.1. The van der Waals surface area contributed by atoms with E-state index >= 15 is 0 Å². The summed E-state index contributed by atoms with van der Waals surface area (Å²) >= 11 is 0. The Morgan fingerprint density at radius 3 is 1.59 bits per heavy atom. The Balaban J connectivity index is 0.000000476. The van der Waals surface area contributed by atoms with E-state index in [0.717, 1.165) is 6.26 Å². The molecule has 2 aromatic rings. The van der Waals surface area contributed by atoms with Gasteiger partial charge in [-0.15, -0.1) is 0 Å². The van der Waals surface area contributed by atoms with Gasteiger partial charge in [0.25, 0.3) is 10.1 Å². The van der Waals surface area contributed by atoms with Crippen molar-refractivity contribution in [3.63, 3.8) is 0 Å². The Kier molecular flexibility index (Phi) is 14.7. The van der Waals surface area contributed by atoms with Gasteiger partial charge >= 0.3 is 23.9 Å². The van der Waals surface area contributed by atoms with Crippen LogP contribution in [0.1, 0.15) is 126 Å². The van der Waals surface area contributed by atoms with Crippen LogP contribution in [0.3, 0.4) is 0 Å². The van der Waals surface area contributed by atoms with Gasteiger partial charge in [-0.2, -0.15) is 8.42 Å². The fraction of sp³-hybridized carbons (Fsp3) is 0.613. The van der Waals surface area contributed by atoms with Crippen molar-refractivity contribution in [2.45, 2.75) is 99.2 Å². The monoisotopic (exact) mass is 672 g/mol. The van der Waals surface area contributed by atoms with Gasteiger partial charge < -0.3 is 34.4 Å². The third kappa shape index (κ3) is 13.0. The highest BCUT2D eigenvalue weighted by Gasteiger charge is 2.28. The molecule has 260 valence electrons. The third-order valence-electron chi connectivity index (χ3n) is 6.01. The number of hydrogen-bond donors (Lipinski definition) is 4. The van der Waals surface area contributed by atoms with Gasteiger partial charge in [0.15, 0.2) is 0 Å². The van der Waals surface area contributed by atoms with Gasteiger partial charge in [0.05, 0.1) is 30.6 Å². The number of aliphatic hydroxyl groups excluding tert-OH is 1. The smallest absolute Gasteiger partial charge is 0.355 e. The summed E-state index contributed by atoms with van der Waals surface area (Å²) in [7, 11) is -3.53. The van der Waals surface area contributed by atoms with E-state index in [1.54, 1.807) is 62.3 Å². The molecule has 0 fully saturated rings. The summed E-state index contributed by atoms with van der Waals surface area (Å²) in [5.41, 5.74) is 1.09. The Bertz CT molecular complexity index is 1490. The molecule has 0 spiro atoms. The number of carbonyl (C=O) groups excluding carboxylic acids is 3. The Hall–Kier alpha value is -3.69. The summed E-state index contributed by atoms with van der Waals surface area (Å²) in [6.45, 7) is 15.5. The molecule has 0 aliphatic heterocycles. The van der Waals surface area contributed by atoms with Gasteiger partial charge in [0, 0.05) is 18.0 Å². The van der Waals surface area contributed by atoms with Crippen LogP contribution in [0, 0.1) is 13.8 Å². The molecule has 0 amide bonds. The van der Waals surface area contributed by atoms with Crippen LogP contribution in [0.2, 0.25) is 0 Å². The molecule has 0 saturated carbocycles. The number of carboxylic acids is 1. The van der Waals surface area contributed by atoms with Gasteiger partial charge in [-0.3, -0.25) is 4.18 Å². The molecule has 0 aromatic carbocycles. The van der Waals surface area contributed by atoms with Crippen LogP contribution in [0.4, 0.5) is 0 Å². The molecule has 0 aliphatic rings. The zero-order valence-electron chi connectivity index (χ0n) is 28.3. The van der Waals surface area contributed by atoms with Crippen LogP contribution >= 0.6 is 0 Å². The van der Waals surface area contributed by atoms with Crippen LogP contribution in [0.5, 0.6) is 0 Å². The molecular weight excluding hydrogens is 624 g/mol. The van der Waals surface area contributed by atoms with Gasteiger partial charge in [-0.1, -0.05) is 0 Å². The highest BCUT2D eigenvalue weighted by Crippen LogP contribution is 2.24. The predicted octanol–water partition coefficient (Wildman–Crippen LogP) is 4.27. The number of carbonyl (C=O) groups is 4. The van der Waals surface area contributed by atoms with E-state index in [4.69, 9.17) is 23.5 Å². The van der Waals surface area contributed by atoms with Crippen LogP contribution in [0.25, 0.3) is 0 Å². The van der Waals surface area contributed by atoms with Crippen molar-refractivity contribution in [2.24, 2.45) is 0 Å². The molecule has 0 radical (unpaired) electrons. The van der Waals surface area contributed by atoms with E-state index in [0.29, 0.717) is 48.2 Å². The second-order valence-corrected chi connectivity index (χ2v) is 14.1. The first-order chi connectivity index (χ1) is 21.0. The maximum absolute atomic E-state index is 12.4. The molecule has 2 heterocycles. The van der Waals surface area contributed by atoms with E-state index in [9.17, 15) is 32.7 Å². The first kappa shape index (κ1) is 40.3. The largest absolute Gasteiger partial charge is 0.478 e. The number of aromatic amines is 2. The average Bonchev–Trinajstić information content (AvgIpc) is 3.39. The Labute approximate surface area is 270 Å². The van der Waals surface area contributed by atoms with Crippen molar-refractivity contribution in [1.82, 2.24) is 9.97 Å². The highest BCUT2D eigenvalue weighted by molar-refractivity contribution is 7.85. The van der Waals surface area contributed by atoms with Gasteiger partial charge in [0.2, 0.25) is 0 Å². The van der Waals surface area contributed by atoms with Crippen molar-refractivity contribution in [3.05, 3.63) is 45.0 Å². The van der Waals surface area contributed by atoms with Crippen molar-refractivity contribution >= 4 is 34.0 Å². The zero-order valence-corrected chi connectivity index (χ0v) is 29.2. The number of rotatable bonds is 13. The maximum Gasteiger partial charge on any atom is 0.355 e. The zero-order chi connectivity index (χ0) is 35.6. The minimum atomic E-state index is -3.53. The molecular formula is C31H48N2O12S. The summed E-state index contributed by atoms with van der Waals surface area (Å²) in [5, 5.41) is 18.1. The molecule has 15 heteroatoms. The second-order valence-electron chi connectivity index (χ2n) is 12.4. The number of aryl methyl sites for hydroxylation is 2. The Morgan fingerprint density at radius 2 is 1.20 bits per heavy atom. The number of nitrogens with one attached hydrogen (secondary N) is 2. The molecule has 2 aromatic heterocycles. The topological polar surface area (TPSA) is 211 Å². The number of aromatic nitrogens is 2. The second kappa shape index (κ2) is 16.7. The van der Waals surface area contributed by atoms with Gasteiger partial charge in [0.1, 0.15) is 22.6 Å². The van der Waals surface area contributed by atoms with Crippen molar-refractivity contribution in [2.75, 3.05) is 26.1 Å². The Morgan fingerprint density at radius 1 is 0.761 bits per heavy atom. The van der Waals surface area contributed by atoms with Crippen LogP contribution in [0.15, 0.2) is 0 Å². The lowest BCUT2D eigenvalue weighted by Gasteiger charge is -2.19. The number of aromatic carboxylic acids is 1. The summed E-state index contributed by atoms with van der Waals surface area (Å²) in [5.74, 6) is -2.79. The minimum absolute atomic E-state index is 0.0268. The highest BCUT2D eigenvalue weighted by atomic mass is 32.2. The lowest BCUT2D eigenvalue weighted by Crippen LogP contribution is -2.24. The summed E-state index contributed by atoms with van der Waals surface area (Å²) in [4.78, 5) is 53.7. The fourth-order valence-corrected chi connectivity index (χ4v) is 4.66. The van der Waals surface area contributed by atoms with Crippen molar-refractivity contribution < 1.29 is 56.2 Å². The predicted molar refractivity (Wildman–Crippen MR) is 169 cm³/mol. The van der Waals surface area contributed by atoms with Crippen LogP contribution in [-0.2, 0) is 41.4 Å². The van der Waals surface area contributed by atoms with Gasteiger partial charge in [-0.25, -0.2) is 19.2 Å². The summed E-state index contributed by atoms with van der Waals surface area (Å²) in [6.07, 6.45) is 2.41. The van der Waals surface area contributed by atoms with E-state index < -0.39 is 45.2 Å². The molecule has 0 saturated heterocycles. The molecule has 14 nitrogen and oxygen atoms in total. The quantitative estimate of drug-likeness (QED) is 0.102. The number of esters is 3. The fourth-order valence-electron chi connectivity index (χ4n) is 4.24. The maximum atomic E-state index is 12.4. The van der Waals surface area contributed by atoms with E-state index in [1.165, 1.54) is 0 Å². The first-order valence-electron chi connectivity index (χ1n) is 14.8. The first-order valence-corrected chi connectivity index (χ1v) is 16.6. The number of ether oxygens (including phenoxy) is 3. The van der Waals surface area contributed by atoms with Crippen LogP contribution in [-0.4, -0.2) is 89.8 Å². The summed E-state index contributed by atoms with van der Waals surface area (Å²) in [6, 6.07) is 0. The van der Waals surface area contributed by atoms with Crippen molar-refractivity contribution in [1.29, 1.82) is 0 Å². The number of aliphatic hydroxyl groups is 1. The van der Waals surface area contributed by atoms with E-state index in [-0.39, 0.29) is 42.3 Å². The van der Waals surface area contributed by atoms with Crippen molar-refractivity contribution in [3.8, 4) is 0 Å². The molecule has 0 unspecified atom stereocenters. The molecule has 2 rings (SSSR count). The molecule has 0 atom stereocenters. The average molecular weight is 673 g/mol. The standard InChI is InChI=1S/C17H27NO7S.C14H21NO5/c1-7-23-15(19)13-11(2)14(16(20)25-17(3,4)5)18-12(13)9-8-10-24-26(6,21)22;1-8-10(12(17)18)9(6-5-7-16)15-11(8)13(19)20-14(2,3)4/h18H,7-10H2,1-6H3;15-16H,5-7H2,1-4H3,(H,17,18). The molecule has 4 N–H and O–H groups in total. The molecule has 0 aliphatic carbocycles. The third-order valence-corrected chi connectivity index (χ3v) is 6.60. The van der Waals surface area contributed by atoms with Crippen LogP contribution < -0.4 is 0 Å². The van der Waals surface area contributed by atoms with E-state index in [1.807, 2.05) is 0 Å². The van der Waals surface area contributed by atoms with Gasteiger partial charge in [-0.05, 0) is 99.1 Å². The SMILES string of the molecule is CCOC(=O)c1c(CCCOS(C)(=O)=O)[nH]c(C(=O)OC(C)(C)C)c1C.Cc1c(C(=O)OC(C)(C)C)[nH]c(CCCO)c1C(=O)O. The lowest BCUT2D eigenvalue weighted by molar-refractivity contribution is 0.00501. The molecule has 0 bridgehead atoms. The molecule has 46 heavy (non-hydrogen) atoms. The summed E-state index contributed by atoms with van der Waals surface area (Å²) < 4.78 is 42.4. The number of carboxylic acid groups (broad SMARTS) is 1. The normalized spacial score (nSPS) is 11.8. The number of hydrogen-bond acceptors (Lipinski definition) is 11. The number of H-pyrrole nitrogens is 2.